The number of rotatable bonds is 1. The number of esters is 1. The fourth-order valence-electron chi connectivity index (χ4n) is 0.999. The maximum atomic E-state index is 10.4. The van der Waals surface area contributed by atoms with Crippen molar-refractivity contribution in [2.75, 3.05) is 6.61 Å². The van der Waals surface area contributed by atoms with Crippen molar-refractivity contribution >= 4 is 5.97 Å². The Kier molecular flexibility index (Phi) is 3.75. The van der Waals surface area contributed by atoms with Crippen molar-refractivity contribution < 1.29 is 9.53 Å². The number of benzene rings is 1. The second-order valence-electron chi connectivity index (χ2n) is 2.95. The first-order chi connectivity index (χ1) is 6.68. The van der Waals surface area contributed by atoms with Gasteiger partial charge in [-0.25, -0.2) is 0 Å². The van der Waals surface area contributed by atoms with Crippen molar-refractivity contribution in [2.24, 2.45) is 0 Å². The van der Waals surface area contributed by atoms with E-state index in [-0.39, 0.29) is 12.6 Å². The van der Waals surface area contributed by atoms with Crippen LogP contribution in [0.2, 0.25) is 0 Å². The van der Waals surface area contributed by atoms with E-state index in [1.165, 1.54) is 12.5 Å². The van der Waals surface area contributed by atoms with Gasteiger partial charge in [-0.1, -0.05) is 24.0 Å². The minimum absolute atomic E-state index is 0.156. The van der Waals surface area contributed by atoms with Crippen molar-refractivity contribution in [2.45, 2.75) is 13.8 Å². The van der Waals surface area contributed by atoms with Gasteiger partial charge in [0.05, 0.1) is 0 Å². The molecular weight excluding hydrogens is 176 g/mol. The average molecular weight is 188 g/mol. The van der Waals surface area contributed by atoms with Crippen LogP contribution in [0.3, 0.4) is 0 Å². The van der Waals surface area contributed by atoms with Crippen molar-refractivity contribution in [1.29, 1.82) is 0 Å². The van der Waals surface area contributed by atoms with E-state index in [2.05, 4.69) is 16.6 Å². The highest BCUT2D eigenvalue weighted by Gasteiger charge is 1.88. The lowest BCUT2D eigenvalue weighted by atomic mass is 10.1. The topological polar surface area (TPSA) is 26.3 Å². The number of ether oxygens (including phenoxy) is 1. The summed E-state index contributed by atoms with van der Waals surface area (Å²) in [7, 11) is 0. The highest BCUT2D eigenvalue weighted by Crippen LogP contribution is 2.01. The van der Waals surface area contributed by atoms with Gasteiger partial charge in [-0.3, -0.25) is 4.79 Å². The van der Waals surface area contributed by atoms with E-state index in [1.807, 2.05) is 31.2 Å². The molecule has 0 aromatic heterocycles. The lowest BCUT2D eigenvalue weighted by Crippen LogP contribution is -1.97. The number of aryl methyl sites for hydroxylation is 1. The molecule has 0 saturated carbocycles. The van der Waals surface area contributed by atoms with Gasteiger partial charge in [0.2, 0.25) is 0 Å². The van der Waals surface area contributed by atoms with E-state index in [4.69, 9.17) is 0 Å². The molecule has 2 heteroatoms. The van der Waals surface area contributed by atoms with Crippen molar-refractivity contribution in [3.8, 4) is 11.8 Å². The Morgan fingerprint density at radius 2 is 2.29 bits per heavy atom. The zero-order valence-electron chi connectivity index (χ0n) is 8.33. The molecule has 1 aromatic rings. The normalized spacial score (nSPS) is 8.71. The third-order valence-electron chi connectivity index (χ3n) is 1.60. The Morgan fingerprint density at radius 1 is 1.50 bits per heavy atom. The predicted octanol–water partition coefficient (Wildman–Crippen LogP) is 1.91. The maximum Gasteiger partial charge on any atom is 0.303 e. The minimum atomic E-state index is -0.302. The second kappa shape index (κ2) is 5.08. The summed E-state index contributed by atoms with van der Waals surface area (Å²) in [5.41, 5.74) is 2.11. The third-order valence-corrected chi connectivity index (χ3v) is 1.60. The van der Waals surface area contributed by atoms with Crippen LogP contribution in [-0.4, -0.2) is 12.6 Å². The molecule has 0 heterocycles. The van der Waals surface area contributed by atoms with Crippen LogP contribution in [-0.2, 0) is 9.53 Å². The first-order valence-electron chi connectivity index (χ1n) is 4.37. The molecule has 0 spiro atoms. The summed E-state index contributed by atoms with van der Waals surface area (Å²) in [5.74, 6) is 5.38. The van der Waals surface area contributed by atoms with Gasteiger partial charge in [-0.05, 0) is 24.6 Å². The molecule has 2 nitrogen and oxygen atoms in total. The molecule has 0 saturated heterocycles. The Morgan fingerprint density at radius 3 is 2.93 bits per heavy atom. The molecule has 0 unspecified atom stereocenters. The zero-order chi connectivity index (χ0) is 10.4. The van der Waals surface area contributed by atoms with Crippen LogP contribution in [0.4, 0.5) is 0 Å². The summed E-state index contributed by atoms with van der Waals surface area (Å²) in [6.45, 7) is 3.54. The van der Waals surface area contributed by atoms with Crippen molar-refractivity contribution in [3.05, 3.63) is 35.4 Å². The molecule has 0 fully saturated rings. The molecule has 0 aliphatic carbocycles. The number of hydrogen-bond donors (Lipinski definition) is 0. The summed E-state index contributed by atoms with van der Waals surface area (Å²) in [4.78, 5) is 10.4. The molecule has 0 aliphatic heterocycles. The van der Waals surface area contributed by atoms with Crippen LogP contribution in [0, 0.1) is 18.8 Å². The molecule has 0 atom stereocenters. The third kappa shape index (κ3) is 3.77. The van der Waals surface area contributed by atoms with Gasteiger partial charge in [0.1, 0.15) is 0 Å². The largest absolute Gasteiger partial charge is 0.453 e. The highest BCUT2D eigenvalue weighted by atomic mass is 16.5. The van der Waals surface area contributed by atoms with Crippen LogP contribution in [0.1, 0.15) is 18.1 Å². The van der Waals surface area contributed by atoms with Crippen molar-refractivity contribution in [1.82, 2.24) is 0 Å². The summed E-state index contributed by atoms with van der Waals surface area (Å²) in [5, 5.41) is 0. The van der Waals surface area contributed by atoms with E-state index in [0.717, 1.165) is 5.56 Å². The van der Waals surface area contributed by atoms with Gasteiger partial charge in [0.15, 0.2) is 6.61 Å². The van der Waals surface area contributed by atoms with Crippen LogP contribution in [0.5, 0.6) is 0 Å². The van der Waals surface area contributed by atoms with Crippen LogP contribution < -0.4 is 0 Å². The zero-order valence-corrected chi connectivity index (χ0v) is 8.33. The van der Waals surface area contributed by atoms with Crippen LogP contribution in [0.15, 0.2) is 24.3 Å². The minimum Gasteiger partial charge on any atom is -0.453 e. The van der Waals surface area contributed by atoms with Gasteiger partial charge in [0.25, 0.3) is 0 Å². The van der Waals surface area contributed by atoms with E-state index in [9.17, 15) is 4.79 Å². The van der Waals surface area contributed by atoms with E-state index in [0.29, 0.717) is 0 Å². The van der Waals surface area contributed by atoms with E-state index in [1.54, 1.807) is 0 Å². The fourth-order valence-corrected chi connectivity index (χ4v) is 0.999. The smallest absolute Gasteiger partial charge is 0.303 e. The predicted molar refractivity (Wildman–Crippen MR) is 54.7 cm³/mol. The lowest BCUT2D eigenvalue weighted by Gasteiger charge is -1.93. The lowest BCUT2D eigenvalue weighted by molar-refractivity contribution is -0.139. The SMILES string of the molecule is CC(=O)OCC#Cc1cccc(C)c1. The van der Waals surface area contributed by atoms with E-state index < -0.39 is 0 Å². The van der Waals surface area contributed by atoms with Crippen LogP contribution >= 0.6 is 0 Å². The molecular formula is C12H12O2. The molecule has 0 bridgehead atoms. The highest BCUT2D eigenvalue weighted by molar-refractivity contribution is 5.66. The summed E-state index contributed by atoms with van der Waals surface area (Å²) >= 11 is 0. The summed E-state index contributed by atoms with van der Waals surface area (Å²) in [6, 6.07) is 7.87. The van der Waals surface area contributed by atoms with Crippen molar-refractivity contribution in [3.63, 3.8) is 0 Å². The van der Waals surface area contributed by atoms with Gasteiger partial charge in [-0.2, -0.15) is 0 Å². The first kappa shape index (κ1) is 10.3. The number of carbonyl (C=O) groups excluding carboxylic acids is 1. The summed E-state index contributed by atoms with van der Waals surface area (Å²) in [6.07, 6.45) is 0. The molecule has 72 valence electrons. The molecule has 0 aliphatic rings. The Hall–Kier alpha value is -1.75. The number of carbonyl (C=O) groups is 1. The van der Waals surface area contributed by atoms with Gasteiger partial charge in [0, 0.05) is 12.5 Å². The fraction of sp³-hybridized carbons (Fsp3) is 0.250. The van der Waals surface area contributed by atoms with Gasteiger partial charge < -0.3 is 4.74 Å². The monoisotopic (exact) mass is 188 g/mol. The Balaban J connectivity index is 2.55. The molecule has 0 amide bonds. The molecule has 14 heavy (non-hydrogen) atoms. The molecule has 1 rings (SSSR count). The molecule has 0 N–H and O–H groups in total. The molecule has 0 radical (unpaired) electrons. The van der Waals surface area contributed by atoms with Gasteiger partial charge >= 0.3 is 5.97 Å². The summed E-state index contributed by atoms with van der Waals surface area (Å²) < 4.78 is 4.68. The van der Waals surface area contributed by atoms with Gasteiger partial charge in [-0.15, -0.1) is 0 Å². The second-order valence-corrected chi connectivity index (χ2v) is 2.95. The molecule has 1 aromatic carbocycles. The Labute approximate surface area is 83.9 Å². The quantitative estimate of drug-likeness (QED) is 0.497. The number of hydrogen-bond acceptors (Lipinski definition) is 2. The Bertz CT molecular complexity index is 383. The average Bonchev–Trinajstić information content (AvgIpc) is 2.12. The van der Waals surface area contributed by atoms with Crippen LogP contribution in [0.25, 0.3) is 0 Å². The maximum absolute atomic E-state index is 10.4. The standard InChI is InChI=1S/C12H12O2/c1-10-5-3-6-12(9-10)7-4-8-14-11(2)13/h3,5-6,9H,8H2,1-2H3. The van der Waals surface area contributed by atoms with E-state index >= 15 is 0 Å². The first-order valence-corrected chi connectivity index (χ1v) is 4.37.